The zero-order valence-corrected chi connectivity index (χ0v) is 17.3. The van der Waals surface area contributed by atoms with Crippen LogP contribution in [0.3, 0.4) is 0 Å². The second-order valence-electron chi connectivity index (χ2n) is 8.64. The Morgan fingerprint density at radius 3 is 2.63 bits per heavy atom. The maximum absolute atomic E-state index is 14.1. The fraction of sp³-hybridized carbons (Fsp3) is 0.522. The van der Waals surface area contributed by atoms with Gasteiger partial charge in [0.2, 0.25) is 5.91 Å². The number of rotatable bonds is 1. The van der Waals surface area contributed by atoms with Crippen molar-refractivity contribution in [2.24, 2.45) is 5.92 Å². The molecule has 6 rings (SSSR count). The number of carbonyl (C=O) groups is 3. The summed E-state index contributed by atoms with van der Waals surface area (Å²) in [5, 5.41) is 0. The number of hydrogen-bond donors (Lipinski definition) is 0. The van der Waals surface area contributed by atoms with Crippen molar-refractivity contribution in [3.8, 4) is 0 Å². The summed E-state index contributed by atoms with van der Waals surface area (Å²) in [6.45, 7) is 1.32. The molecule has 2 spiro atoms. The first kappa shape index (κ1) is 19.2. The lowest BCUT2D eigenvalue weighted by Gasteiger charge is -2.50. The number of carbonyl (C=O) groups excluding carboxylic acids is 3. The molecule has 0 saturated carbocycles. The molecule has 1 aromatic rings. The zero-order valence-electron chi connectivity index (χ0n) is 17.3. The van der Waals surface area contributed by atoms with Gasteiger partial charge in [0.1, 0.15) is 11.0 Å². The molecule has 3 atom stereocenters. The third-order valence-corrected chi connectivity index (χ3v) is 7.59. The molecular weight excluding hydrogens is 384 g/mol. The summed E-state index contributed by atoms with van der Waals surface area (Å²) < 4.78 is 10.4. The average Bonchev–Trinajstić information content (AvgIpc) is 3.21. The maximum Gasteiger partial charge on any atom is 0.414 e. The smallest absolute Gasteiger partial charge is 0.414 e. The number of amides is 2. The van der Waals surface area contributed by atoms with E-state index in [0.29, 0.717) is 37.2 Å². The number of methoxy groups -OCH3 is 2. The van der Waals surface area contributed by atoms with E-state index in [2.05, 4.69) is 0 Å². The van der Waals surface area contributed by atoms with Crippen LogP contribution in [0.4, 0.5) is 10.5 Å². The van der Waals surface area contributed by atoms with Gasteiger partial charge in [-0.15, -0.1) is 0 Å². The standard InChI is InChI=1S/C23H26N2O5/c1-29-19(26)17-14-15-6-5-12-24-13-11-22(20(24)27)16-7-3-4-8-18(16)25(21(28)30-2)23(17,22)10-9-15/h3-4,7-8,14-15H,5-6,9-13H2,1-2H3. The summed E-state index contributed by atoms with van der Waals surface area (Å²) in [5.41, 5.74) is -0.292. The van der Waals surface area contributed by atoms with Crippen molar-refractivity contribution in [3.05, 3.63) is 41.5 Å². The molecular formula is C23H26N2O5. The van der Waals surface area contributed by atoms with Gasteiger partial charge in [-0.05, 0) is 49.7 Å². The van der Waals surface area contributed by atoms with Crippen LogP contribution in [0.2, 0.25) is 0 Å². The summed E-state index contributed by atoms with van der Waals surface area (Å²) in [5.74, 6) is -0.261. The van der Waals surface area contributed by atoms with Gasteiger partial charge in [0.25, 0.3) is 0 Å². The van der Waals surface area contributed by atoms with Crippen LogP contribution in [0.15, 0.2) is 35.9 Å². The van der Waals surface area contributed by atoms with E-state index in [-0.39, 0.29) is 11.8 Å². The van der Waals surface area contributed by atoms with Crippen molar-refractivity contribution >= 4 is 23.7 Å². The van der Waals surface area contributed by atoms with Crippen LogP contribution < -0.4 is 4.90 Å². The molecule has 4 aliphatic heterocycles. The third kappa shape index (κ3) is 2.13. The van der Waals surface area contributed by atoms with Gasteiger partial charge in [-0.1, -0.05) is 24.3 Å². The Hall–Kier alpha value is -2.83. The van der Waals surface area contributed by atoms with Gasteiger partial charge in [-0.3, -0.25) is 9.69 Å². The number of benzene rings is 1. The minimum Gasteiger partial charge on any atom is -0.466 e. The SMILES string of the molecule is COC(=O)C1=CC2CCCN3CCC4(C3=O)c3ccccc3N(C(=O)OC)C14CC2. The highest BCUT2D eigenvalue weighted by Gasteiger charge is 2.73. The fourth-order valence-electron chi connectivity index (χ4n) is 6.40. The molecule has 5 aliphatic rings. The normalized spacial score (nSPS) is 31.7. The number of ether oxygens (including phenoxy) is 2. The molecule has 3 unspecified atom stereocenters. The predicted molar refractivity (Wildman–Crippen MR) is 109 cm³/mol. The van der Waals surface area contributed by atoms with E-state index in [1.54, 1.807) is 4.90 Å². The minimum atomic E-state index is -1.14. The molecule has 7 nitrogen and oxygen atoms in total. The van der Waals surface area contributed by atoms with Gasteiger partial charge in [-0.25, -0.2) is 9.59 Å². The summed E-state index contributed by atoms with van der Waals surface area (Å²) in [4.78, 5) is 43.9. The largest absolute Gasteiger partial charge is 0.466 e. The highest BCUT2D eigenvalue weighted by atomic mass is 16.5. The predicted octanol–water partition coefficient (Wildman–Crippen LogP) is 2.79. The molecule has 2 saturated heterocycles. The highest BCUT2D eigenvalue weighted by Crippen LogP contribution is 2.63. The molecule has 2 amide bonds. The van der Waals surface area contributed by atoms with Gasteiger partial charge in [0, 0.05) is 13.1 Å². The first-order valence-electron chi connectivity index (χ1n) is 10.6. The van der Waals surface area contributed by atoms with Crippen molar-refractivity contribution in [1.29, 1.82) is 0 Å². The number of allylic oxidation sites excluding steroid dienone is 1. The fourth-order valence-corrected chi connectivity index (χ4v) is 6.40. The third-order valence-electron chi connectivity index (χ3n) is 7.59. The van der Waals surface area contributed by atoms with Crippen LogP contribution in [0.25, 0.3) is 0 Å². The molecule has 2 fully saturated rings. The average molecular weight is 410 g/mol. The van der Waals surface area contributed by atoms with Gasteiger partial charge in [0.05, 0.1) is 25.5 Å². The second-order valence-corrected chi connectivity index (χ2v) is 8.64. The van der Waals surface area contributed by atoms with Crippen LogP contribution in [-0.2, 0) is 24.5 Å². The monoisotopic (exact) mass is 410 g/mol. The van der Waals surface area contributed by atoms with Gasteiger partial charge in [0.15, 0.2) is 0 Å². The van der Waals surface area contributed by atoms with E-state index in [0.717, 1.165) is 24.8 Å². The Labute approximate surface area is 175 Å². The summed E-state index contributed by atoms with van der Waals surface area (Å²) in [6.07, 6.45) is 5.08. The molecule has 1 aromatic carbocycles. The number of nitrogens with zero attached hydrogens (tertiary/aromatic N) is 2. The number of fused-ring (bicyclic) bond motifs is 4. The van der Waals surface area contributed by atoms with Crippen molar-refractivity contribution in [3.63, 3.8) is 0 Å². The summed E-state index contributed by atoms with van der Waals surface area (Å²) in [6, 6.07) is 7.52. The van der Waals surface area contributed by atoms with Crippen LogP contribution in [-0.4, -0.2) is 55.7 Å². The van der Waals surface area contributed by atoms with Crippen LogP contribution in [0.1, 0.15) is 37.7 Å². The van der Waals surface area contributed by atoms with Crippen molar-refractivity contribution in [2.45, 2.75) is 43.1 Å². The number of hydrogen-bond acceptors (Lipinski definition) is 5. The lowest BCUT2D eigenvalue weighted by molar-refractivity contribution is -0.139. The molecule has 4 heterocycles. The summed E-state index contributed by atoms with van der Waals surface area (Å²) >= 11 is 0. The topological polar surface area (TPSA) is 76.2 Å². The number of anilines is 1. The Bertz CT molecular complexity index is 972. The molecule has 7 heteroatoms. The van der Waals surface area contributed by atoms with Crippen molar-refractivity contribution < 1.29 is 23.9 Å². The molecule has 158 valence electrons. The molecule has 0 radical (unpaired) electrons. The lowest BCUT2D eigenvalue weighted by Crippen LogP contribution is -2.66. The molecule has 0 N–H and O–H groups in total. The minimum absolute atomic E-state index is 0.00324. The van der Waals surface area contributed by atoms with E-state index in [4.69, 9.17) is 9.47 Å². The van der Waals surface area contributed by atoms with Crippen LogP contribution in [0, 0.1) is 5.92 Å². The number of esters is 1. The first-order chi connectivity index (χ1) is 14.5. The zero-order chi connectivity index (χ0) is 21.1. The molecule has 4 bridgehead atoms. The summed E-state index contributed by atoms with van der Waals surface area (Å²) in [7, 11) is 2.69. The van der Waals surface area contributed by atoms with E-state index < -0.39 is 23.0 Å². The Balaban J connectivity index is 1.89. The quantitative estimate of drug-likeness (QED) is 0.666. The lowest BCUT2D eigenvalue weighted by atomic mass is 9.58. The molecule has 1 aliphatic carbocycles. The number of para-hydroxylation sites is 1. The first-order valence-corrected chi connectivity index (χ1v) is 10.6. The van der Waals surface area contributed by atoms with Crippen LogP contribution in [0.5, 0.6) is 0 Å². The molecule has 30 heavy (non-hydrogen) atoms. The van der Waals surface area contributed by atoms with Crippen molar-refractivity contribution in [1.82, 2.24) is 4.90 Å². The Kier molecular flexibility index (Phi) is 4.21. The molecule has 0 aromatic heterocycles. The Morgan fingerprint density at radius 1 is 1.07 bits per heavy atom. The van der Waals surface area contributed by atoms with E-state index in [1.807, 2.05) is 35.2 Å². The Morgan fingerprint density at radius 2 is 1.87 bits per heavy atom. The maximum atomic E-state index is 14.1. The van der Waals surface area contributed by atoms with Crippen LogP contribution >= 0.6 is 0 Å². The van der Waals surface area contributed by atoms with Gasteiger partial charge in [-0.2, -0.15) is 0 Å². The van der Waals surface area contributed by atoms with E-state index >= 15 is 0 Å². The van der Waals surface area contributed by atoms with Gasteiger partial charge >= 0.3 is 12.1 Å². The van der Waals surface area contributed by atoms with Crippen molar-refractivity contribution in [2.75, 3.05) is 32.2 Å². The second kappa shape index (κ2) is 6.59. The highest BCUT2D eigenvalue weighted by molar-refractivity contribution is 6.09. The van der Waals surface area contributed by atoms with E-state index in [9.17, 15) is 14.4 Å². The van der Waals surface area contributed by atoms with E-state index in [1.165, 1.54) is 14.2 Å². The van der Waals surface area contributed by atoms with Gasteiger partial charge < -0.3 is 14.4 Å².